The number of benzene rings is 2. The summed E-state index contributed by atoms with van der Waals surface area (Å²) in [7, 11) is 0. The van der Waals surface area contributed by atoms with E-state index in [-0.39, 0.29) is 18.0 Å². The Kier molecular flexibility index (Phi) is 7.03. The molecule has 3 rings (SSSR count). The van der Waals surface area contributed by atoms with Gasteiger partial charge in [0.05, 0.1) is 6.10 Å². The van der Waals surface area contributed by atoms with Crippen LogP contribution in [-0.2, 0) is 4.74 Å². The predicted molar refractivity (Wildman–Crippen MR) is 111 cm³/mol. The lowest BCUT2D eigenvalue weighted by atomic mass is 10.1. The molecule has 0 aliphatic carbocycles. The van der Waals surface area contributed by atoms with Crippen molar-refractivity contribution in [2.45, 2.75) is 44.8 Å². The van der Waals surface area contributed by atoms with E-state index in [0.717, 1.165) is 32.3 Å². The first-order valence-electron chi connectivity index (χ1n) is 9.76. The first kappa shape index (κ1) is 19.9. The van der Waals surface area contributed by atoms with Gasteiger partial charge in [0, 0.05) is 29.6 Å². The van der Waals surface area contributed by atoms with E-state index < -0.39 is 0 Å². The molecule has 3 amide bonds. The number of carbonyl (C=O) groups excluding carboxylic acids is 2. The highest BCUT2D eigenvalue weighted by Gasteiger charge is 2.17. The van der Waals surface area contributed by atoms with Crippen LogP contribution in [-0.4, -0.2) is 30.7 Å². The molecule has 0 bridgehead atoms. The largest absolute Gasteiger partial charge is 0.378 e. The smallest absolute Gasteiger partial charge is 0.323 e. The van der Waals surface area contributed by atoms with E-state index >= 15 is 0 Å². The summed E-state index contributed by atoms with van der Waals surface area (Å²) in [5, 5.41) is 8.52. The van der Waals surface area contributed by atoms with Crippen LogP contribution < -0.4 is 16.0 Å². The molecule has 1 saturated heterocycles. The number of ether oxygens (including phenoxy) is 1. The summed E-state index contributed by atoms with van der Waals surface area (Å²) in [6.45, 7) is 2.87. The second kappa shape index (κ2) is 9.90. The lowest BCUT2D eigenvalue weighted by Crippen LogP contribution is -2.33. The van der Waals surface area contributed by atoms with Crippen LogP contribution >= 0.6 is 0 Å². The number of para-hydroxylation sites is 1. The molecule has 148 valence electrons. The highest BCUT2D eigenvalue weighted by atomic mass is 16.5. The van der Waals surface area contributed by atoms with Crippen LogP contribution in [0.25, 0.3) is 0 Å². The van der Waals surface area contributed by atoms with Crippen molar-refractivity contribution in [2.75, 3.05) is 17.2 Å². The summed E-state index contributed by atoms with van der Waals surface area (Å²) < 4.78 is 5.62. The second-order valence-electron chi connectivity index (χ2n) is 7.11. The van der Waals surface area contributed by atoms with Gasteiger partial charge in [0.2, 0.25) is 0 Å². The monoisotopic (exact) mass is 381 g/mol. The maximum absolute atomic E-state index is 12.4. The average molecular weight is 381 g/mol. The topological polar surface area (TPSA) is 79.5 Å². The zero-order valence-corrected chi connectivity index (χ0v) is 16.1. The number of carbonyl (C=O) groups is 2. The third-order valence-corrected chi connectivity index (χ3v) is 4.76. The number of amides is 3. The van der Waals surface area contributed by atoms with Gasteiger partial charge in [0.1, 0.15) is 0 Å². The van der Waals surface area contributed by atoms with Crippen molar-refractivity contribution in [3.8, 4) is 0 Å². The van der Waals surface area contributed by atoms with E-state index in [1.807, 2.05) is 37.3 Å². The summed E-state index contributed by atoms with van der Waals surface area (Å²) in [6, 6.07) is 15.8. The van der Waals surface area contributed by atoms with Gasteiger partial charge in [-0.2, -0.15) is 0 Å². The van der Waals surface area contributed by atoms with Gasteiger partial charge in [-0.05, 0) is 69.0 Å². The Morgan fingerprint density at radius 3 is 2.36 bits per heavy atom. The van der Waals surface area contributed by atoms with Crippen molar-refractivity contribution in [1.82, 2.24) is 5.32 Å². The van der Waals surface area contributed by atoms with Crippen LogP contribution in [0.1, 0.15) is 43.0 Å². The van der Waals surface area contributed by atoms with E-state index in [9.17, 15) is 9.59 Å². The minimum Gasteiger partial charge on any atom is -0.378 e. The van der Waals surface area contributed by atoms with Crippen molar-refractivity contribution in [3.05, 3.63) is 60.2 Å². The standard InChI is InChI=1S/C22H27N3O3/c1-16(9-14-20-8-5-15-28-20)23-21(26)17-10-12-19(13-11-17)25-22(27)24-18-6-3-2-4-7-18/h2-4,6-7,10-13,16,20H,5,8-9,14-15H2,1H3,(H,23,26)(H2,24,25,27). The summed E-state index contributed by atoms with van der Waals surface area (Å²) >= 11 is 0. The summed E-state index contributed by atoms with van der Waals surface area (Å²) in [6.07, 6.45) is 4.46. The zero-order chi connectivity index (χ0) is 19.8. The lowest BCUT2D eigenvalue weighted by molar-refractivity contribution is 0.0899. The molecule has 0 aromatic heterocycles. The van der Waals surface area contributed by atoms with Gasteiger partial charge in [0.25, 0.3) is 5.91 Å². The van der Waals surface area contributed by atoms with Crippen LogP contribution in [0.15, 0.2) is 54.6 Å². The van der Waals surface area contributed by atoms with Crippen molar-refractivity contribution in [3.63, 3.8) is 0 Å². The molecule has 1 heterocycles. The van der Waals surface area contributed by atoms with Gasteiger partial charge in [-0.15, -0.1) is 0 Å². The number of nitrogens with one attached hydrogen (secondary N) is 3. The Balaban J connectivity index is 1.44. The quantitative estimate of drug-likeness (QED) is 0.665. The number of anilines is 2. The molecular formula is C22H27N3O3. The van der Waals surface area contributed by atoms with E-state index in [1.165, 1.54) is 0 Å². The molecule has 3 N–H and O–H groups in total. The van der Waals surface area contributed by atoms with Crippen molar-refractivity contribution < 1.29 is 14.3 Å². The normalized spacial score (nSPS) is 17.0. The summed E-state index contributed by atoms with van der Waals surface area (Å²) in [4.78, 5) is 24.4. The number of urea groups is 1. The van der Waals surface area contributed by atoms with Gasteiger partial charge in [0.15, 0.2) is 0 Å². The van der Waals surface area contributed by atoms with E-state index in [1.54, 1.807) is 24.3 Å². The molecule has 6 heteroatoms. The molecule has 0 spiro atoms. The fraction of sp³-hybridized carbons (Fsp3) is 0.364. The molecule has 2 atom stereocenters. The molecule has 6 nitrogen and oxygen atoms in total. The SMILES string of the molecule is CC(CCC1CCCO1)NC(=O)c1ccc(NC(=O)Nc2ccccc2)cc1. The Hall–Kier alpha value is -2.86. The number of hydrogen-bond acceptors (Lipinski definition) is 3. The molecule has 1 aliphatic heterocycles. The minimum absolute atomic E-state index is 0.0890. The van der Waals surface area contributed by atoms with Gasteiger partial charge in [-0.3, -0.25) is 4.79 Å². The van der Waals surface area contributed by atoms with Gasteiger partial charge >= 0.3 is 6.03 Å². The maximum Gasteiger partial charge on any atom is 0.323 e. The molecule has 2 aromatic rings. The van der Waals surface area contributed by atoms with Crippen molar-refractivity contribution in [2.24, 2.45) is 0 Å². The van der Waals surface area contributed by atoms with Crippen LogP contribution in [0.2, 0.25) is 0 Å². The van der Waals surface area contributed by atoms with Crippen LogP contribution in [0.3, 0.4) is 0 Å². The Morgan fingerprint density at radius 1 is 1.04 bits per heavy atom. The maximum atomic E-state index is 12.4. The Labute approximate surface area is 165 Å². The number of rotatable bonds is 7. The van der Waals surface area contributed by atoms with Gasteiger partial charge in [-0.25, -0.2) is 4.79 Å². The molecule has 1 fully saturated rings. The molecule has 28 heavy (non-hydrogen) atoms. The summed E-state index contributed by atoms with van der Waals surface area (Å²) in [5.41, 5.74) is 1.90. The molecule has 2 unspecified atom stereocenters. The third kappa shape index (κ3) is 6.09. The van der Waals surface area contributed by atoms with E-state index in [4.69, 9.17) is 4.74 Å². The van der Waals surface area contributed by atoms with Crippen LogP contribution in [0.4, 0.5) is 16.2 Å². The predicted octanol–water partition coefficient (Wildman–Crippen LogP) is 4.41. The zero-order valence-electron chi connectivity index (χ0n) is 16.1. The highest BCUT2D eigenvalue weighted by Crippen LogP contribution is 2.18. The minimum atomic E-state index is -0.328. The first-order chi connectivity index (χ1) is 13.6. The molecule has 0 saturated carbocycles. The Bertz CT molecular complexity index is 771. The molecular weight excluding hydrogens is 354 g/mol. The average Bonchev–Trinajstić information content (AvgIpc) is 3.21. The van der Waals surface area contributed by atoms with Crippen molar-refractivity contribution in [1.29, 1.82) is 0 Å². The Morgan fingerprint density at radius 2 is 1.71 bits per heavy atom. The fourth-order valence-corrected chi connectivity index (χ4v) is 3.21. The first-order valence-corrected chi connectivity index (χ1v) is 9.76. The third-order valence-electron chi connectivity index (χ3n) is 4.76. The second-order valence-corrected chi connectivity index (χ2v) is 7.11. The van der Waals surface area contributed by atoms with E-state index in [0.29, 0.717) is 23.0 Å². The van der Waals surface area contributed by atoms with Crippen LogP contribution in [0.5, 0.6) is 0 Å². The fourth-order valence-electron chi connectivity index (χ4n) is 3.21. The van der Waals surface area contributed by atoms with Crippen LogP contribution in [0, 0.1) is 0 Å². The summed E-state index contributed by atoms with van der Waals surface area (Å²) in [5.74, 6) is -0.111. The van der Waals surface area contributed by atoms with Gasteiger partial charge in [-0.1, -0.05) is 18.2 Å². The highest BCUT2D eigenvalue weighted by molar-refractivity contribution is 6.00. The number of hydrogen-bond donors (Lipinski definition) is 3. The molecule has 2 aromatic carbocycles. The van der Waals surface area contributed by atoms with E-state index in [2.05, 4.69) is 16.0 Å². The van der Waals surface area contributed by atoms with Gasteiger partial charge < -0.3 is 20.7 Å². The lowest BCUT2D eigenvalue weighted by Gasteiger charge is -2.16. The molecule has 1 aliphatic rings. The molecule has 0 radical (unpaired) electrons. The van der Waals surface area contributed by atoms with Crippen molar-refractivity contribution >= 4 is 23.3 Å².